The number of benzene rings is 3. The van der Waals surface area contributed by atoms with Crippen molar-refractivity contribution in [3.05, 3.63) is 90.0 Å². The largest absolute Gasteiger partial charge is 0.495 e. The normalized spacial score (nSPS) is 14.9. The van der Waals surface area contributed by atoms with Crippen LogP contribution in [0.1, 0.15) is 95.5 Å². The van der Waals surface area contributed by atoms with E-state index < -0.39 is 51.6 Å². The number of nitrogens with zero attached hydrogens (tertiary/aromatic N) is 5. The third-order valence-electron chi connectivity index (χ3n) is 10.1. The molecule has 0 aliphatic carbocycles. The van der Waals surface area contributed by atoms with E-state index in [-0.39, 0.29) is 39.3 Å². The Morgan fingerprint density at radius 2 is 1.56 bits per heavy atom. The summed E-state index contributed by atoms with van der Waals surface area (Å²) < 4.78 is 42.1. The van der Waals surface area contributed by atoms with Crippen LogP contribution in [-0.2, 0) is 30.4 Å². The van der Waals surface area contributed by atoms with Gasteiger partial charge in [-0.2, -0.15) is 12.8 Å². The zero-order valence-electron chi connectivity index (χ0n) is 32.2. The number of anilines is 1. The lowest BCUT2D eigenvalue weighted by Crippen LogP contribution is -2.57. The molecule has 15 nitrogen and oxygen atoms in total. The van der Waals surface area contributed by atoms with Crippen LogP contribution in [0.25, 0.3) is 0 Å². The van der Waals surface area contributed by atoms with Crippen LogP contribution in [0.3, 0.4) is 0 Å². The molecule has 2 atom stereocenters. The number of nitrogens with one attached hydrogen (secondary N) is 2. The smallest absolute Gasteiger partial charge is 0.375 e. The van der Waals surface area contributed by atoms with Crippen LogP contribution in [0.4, 0.5) is 11.4 Å². The van der Waals surface area contributed by atoms with Crippen LogP contribution < -0.4 is 20.2 Å². The second-order valence-electron chi connectivity index (χ2n) is 14.3. The monoisotopic (exact) mass is 773 g/mol. The van der Waals surface area contributed by atoms with Crippen LogP contribution in [0.15, 0.2) is 82.9 Å². The molecular weight excluding hydrogens is 727 g/mol. The van der Waals surface area contributed by atoms with Gasteiger partial charge in [0.1, 0.15) is 22.7 Å². The Labute approximate surface area is 320 Å². The molecule has 0 saturated carbocycles. The van der Waals surface area contributed by atoms with Gasteiger partial charge in [0.25, 0.3) is 27.7 Å². The molecule has 5 rings (SSSR count). The maximum atomic E-state index is 14.4. The van der Waals surface area contributed by atoms with Gasteiger partial charge in [-0.05, 0) is 66.0 Å². The SMILES string of the molecule is CCC(Oc1ccc(C(C)(C)CC)cc1C(C)(C)CC)C(=O)NN1C(C(C(=O)Nc2ccccc2OC)n2cnc(C(=O)O)n2)=Nc2ccccc2S1(=O)=O. The van der Waals surface area contributed by atoms with E-state index in [0.717, 1.165) is 35.0 Å². The molecule has 3 N–H and O–H groups in total. The van der Waals surface area contributed by atoms with E-state index in [9.17, 15) is 27.9 Å². The molecule has 2 amide bonds. The number of carboxylic acid groups (broad SMARTS) is 1. The minimum Gasteiger partial charge on any atom is -0.495 e. The highest BCUT2D eigenvalue weighted by Crippen LogP contribution is 2.39. The molecule has 0 bridgehead atoms. The molecule has 292 valence electrons. The lowest BCUT2D eigenvalue weighted by molar-refractivity contribution is -0.130. The Bertz CT molecular complexity index is 2230. The second-order valence-corrected chi connectivity index (χ2v) is 16.1. The fourth-order valence-corrected chi connectivity index (χ4v) is 7.30. The van der Waals surface area contributed by atoms with Crippen molar-refractivity contribution in [2.45, 2.75) is 95.6 Å². The quantitative estimate of drug-likeness (QED) is 0.126. The molecule has 55 heavy (non-hydrogen) atoms. The third-order valence-corrected chi connectivity index (χ3v) is 11.7. The van der Waals surface area contributed by atoms with Gasteiger partial charge in [0.15, 0.2) is 18.0 Å². The Morgan fingerprint density at radius 1 is 0.891 bits per heavy atom. The summed E-state index contributed by atoms with van der Waals surface area (Å²) in [5, 5.41) is 16.3. The van der Waals surface area contributed by atoms with Gasteiger partial charge in [0.2, 0.25) is 0 Å². The van der Waals surface area contributed by atoms with Gasteiger partial charge in [-0.25, -0.2) is 24.9 Å². The zero-order valence-corrected chi connectivity index (χ0v) is 33.0. The number of hydrogen-bond acceptors (Lipinski definition) is 10. The lowest BCUT2D eigenvalue weighted by atomic mass is 9.76. The fraction of sp³-hybridized carbons (Fsp3) is 0.385. The van der Waals surface area contributed by atoms with E-state index in [4.69, 9.17) is 9.47 Å². The summed E-state index contributed by atoms with van der Waals surface area (Å²) >= 11 is 0. The standard InChI is InChI=1S/C39H47N7O8S/c1-9-28(54-29-21-20-24(38(4,5)10-2)22-25(29)39(6,7)11-3)35(47)44-46-34(41-27-17-13-15-19-31(27)55(46,51)52)32(45-23-40-33(43-45)37(49)50)36(48)42-26-16-12-14-18-30(26)53-8/h12-23,28,32H,9-11H2,1-8H3,(H,42,48)(H,44,47)(H,49,50). The summed E-state index contributed by atoms with van der Waals surface area (Å²) in [5.74, 6) is -3.65. The van der Waals surface area contributed by atoms with Crippen molar-refractivity contribution in [2.75, 3.05) is 12.4 Å². The maximum absolute atomic E-state index is 14.4. The number of aliphatic imine (C=N–C) groups is 1. The number of methoxy groups -OCH3 is 1. The summed E-state index contributed by atoms with van der Waals surface area (Å²) in [7, 11) is -3.24. The Kier molecular flexibility index (Phi) is 11.7. The van der Waals surface area contributed by atoms with E-state index in [1.807, 2.05) is 12.1 Å². The first kappa shape index (κ1) is 40.4. The highest BCUT2D eigenvalue weighted by Gasteiger charge is 2.44. The molecule has 0 saturated heterocycles. The summed E-state index contributed by atoms with van der Waals surface area (Å²) in [5.41, 5.74) is 4.23. The average molecular weight is 774 g/mol. The van der Waals surface area contributed by atoms with Gasteiger partial charge in [0, 0.05) is 5.56 Å². The number of amidine groups is 1. The van der Waals surface area contributed by atoms with Crippen LogP contribution >= 0.6 is 0 Å². The van der Waals surface area contributed by atoms with Crippen LogP contribution in [0, 0.1) is 0 Å². The number of amides is 2. The van der Waals surface area contributed by atoms with Crippen molar-refractivity contribution in [2.24, 2.45) is 4.99 Å². The van der Waals surface area contributed by atoms with Crippen LogP contribution in [-0.4, -0.2) is 69.5 Å². The Morgan fingerprint density at radius 3 is 2.20 bits per heavy atom. The predicted molar refractivity (Wildman–Crippen MR) is 206 cm³/mol. The van der Waals surface area contributed by atoms with Crippen molar-refractivity contribution in [3.8, 4) is 11.5 Å². The molecule has 2 heterocycles. The van der Waals surface area contributed by atoms with Gasteiger partial charge in [-0.15, -0.1) is 5.10 Å². The summed E-state index contributed by atoms with van der Waals surface area (Å²) in [4.78, 5) is 48.5. The molecular formula is C39H47N7O8S. The number of fused-ring (bicyclic) bond motifs is 1. The number of carboxylic acids is 1. The molecule has 0 spiro atoms. The first-order valence-electron chi connectivity index (χ1n) is 17.9. The van der Waals surface area contributed by atoms with E-state index in [2.05, 4.69) is 73.4 Å². The number of carbonyl (C=O) groups is 3. The van der Waals surface area contributed by atoms with Crippen molar-refractivity contribution in [1.29, 1.82) is 0 Å². The van der Waals surface area contributed by atoms with Gasteiger partial charge in [-0.3, -0.25) is 9.59 Å². The number of aromatic carboxylic acids is 1. The Balaban J connectivity index is 1.60. The number of para-hydroxylation sites is 3. The minimum absolute atomic E-state index is 0.0264. The molecule has 0 radical (unpaired) electrons. The summed E-state index contributed by atoms with van der Waals surface area (Å²) in [6.07, 6.45) is 1.58. The number of carbonyl (C=O) groups excluding carboxylic acids is 2. The average Bonchev–Trinajstić information content (AvgIpc) is 3.65. The number of rotatable bonds is 15. The molecule has 16 heteroatoms. The summed E-state index contributed by atoms with van der Waals surface area (Å²) in [6.45, 7) is 14.4. The van der Waals surface area contributed by atoms with E-state index >= 15 is 0 Å². The lowest BCUT2D eigenvalue weighted by Gasteiger charge is -2.34. The van der Waals surface area contributed by atoms with Gasteiger partial charge in [-0.1, -0.05) is 84.9 Å². The minimum atomic E-state index is -4.65. The van der Waals surface area contributed by atoms with E-state index in [1.54, 1.807) is 37.3 Å². The van der Waals surface area contributed by atoms with Crippen molar-refractivity contribution in [1.82, 2.24) is 24.6 Å². The van der Waals surface area contributed by atoms with E-state index in [1.165, 1.54) is 25.3 Å². The maximum Gasteiger partial charge on any atom is 0.375 e. The van der Waals surface area contributed by atoms with Gasteiger partial charge < -0.3 is 19.9 Å². The zero-order chi connectivity index (χ0) is 40.3. The first-order valence-corrected chi connectivity index (χ1v) is 19.4. The van der Waals surface area contributed by atoms with Crippen molar-refractivity contribution < 1.29 is 37.4 Å². The number of hydrazine groups is 1. The molecule has 1 aliphatic rings. The highest BCUT2D eigenvalue weighted by molar-refractivity contribution is 7.89. The molecule has 4 aromatic rings. The predicted octanol–water partition coefficient (Wildman–Crippen LogP) is 6.16. The van der Waals surface area contributed by atoms with Crippen LogP contribution in [0.2, 0.25) is 0 Å². The molecule has 2 unspecified atom stereocenters. The second kappa shape index (κ2) is 15.9. The number of hydrogen-bond donors (Lipinski definition) is 3. The third kappa shape index (κ3) is 8.18. The number of aromatic nitrogens is 3. The Hall–Kier alpha value is -5.77. The number of ether oxygens (including phenoxy) is 2. The van der Waals surface area contributed by atoms with Gasteiger partial charge >= 0.3 is 5.97 Å². The number of sulfonamides is 1. The van der Waals surface area contributed by atoms with Crippen molar-refractivity contribution in [3.63, 3.8) is 0 Å². The highest BCUT2D eigenvalue weighted by atomic mass is 32.2. The van der Waals surface area contributed by atoms with Crippen LogP contribution in [0.5, 0.6) is 11.5 Å². The molecule has 1 aliphatic heterocycles. The molecule has 3 aromatic carbocycles. The topological polar surface area (TPSA) is 194 Å². The summed E-state index contributed by atoms with van der Waals surface area (Å²) in [6, 6.07) is 16.4. The van der Waals surface area contributed by atoms with E-state index in [0.29, 0.717) is 10.2 Å². The van der Waals surface area contributed by atoms with Gasteiger partial charge in [0.05, 0.1) is 18.5 Å². The molecule has 0 fully saturated rings. The molecule has 1 aromatic heterocycles. The van der Waals surface area contributed by atoms with Crippen molar-refractivity contribution >= 4 is 45.0 Å². The first-order chi connectivity index (χ1) is 26.0. The fourth-order valence-electron chi connectivity index (χ4n) is 5.87.